The van der Waals surface area contributed by atoms with Gasteiger partial charge in [0.2, 0.25) is 10.0 Å². The van der Waals surface area contributed by atoms with Gasteiger partial charge in [0.05, 0.1) is 10.7 Å². The molecule has 4 nitrogen and oxygen atoms in total. The molecule has 1 aliphatic carbocycles. The Morgan fingerprint density at radius 3 is 2.52 bits per heavy atom. The van der Waals surface area contributed by atoms with Crippen molar-refractivity contribution in [2.75, 3.05) is 5.73 Å². The van der Waals surface area contributed by atoms with E-state index in [-0.39, 0.29) is 21.6 Å². The van der Waals surface area contributed by atoms with Crippen LogP contribution in [-0.2, 0) is 10.0 Å². The normalized spacial score (nSPS) is 23.1. The van der Waals surface area contributed by atoms with Gasteiger partial charge in [-0.25, -0.2) is 13.1 Å². The maximum atomic E-state index is 12.5. The third-order valence-corrected chi connectivity index (χ3v) is 6.20. The zero-order chi connectivity index (χ0) is 15.5. The Labute approximate surface area is 132 Å². The lowest BCUT2D eigenvalue weighted by molar-refractivity contribution is 0.297. The second kappa shape index (κ2) is 6.99. The molecular weight excluding hydrogens is 308 g/mol. The van der Waals surface area contributed by atoms with E-state index in [4.69, 9.17) is 17.3 Å². The number of anilines is 1. The van der Waals surface area contributed by atoms with E-state index in [1.807, 2.05) is 0 Å². The maximum Gasteiger partial charge on any atom is 0.244 e. The molecule has 0 atom stereocenters. The number of hydrogen-bond donors (Lipinski definition) is 2. The molecular formula is C15H23ClN2O2S. The lowest BCUT2D eigenvalue weighted by Crippen LogP contribution is -2.38. The highest BCUT2D eigenvalue weighted by molar-refractivity contribution is 7.89. The smallest absolute Gasteiger partial charge is 0.244 e. The van der Waals surface area contributed by atoms with Crippen molar-refractivity contribution in [3.05, 3.63) is 23.2 Å². The van der Waals surface area contributed by atoms with Crippen LogP contribution >= 0.6 is 11.6 Å². The van der Waals surface area contributed by atoms with Crippen molar-refractivity contribution in [3.63, 3.8) is 0 Å². The Balaban J connectivity index is 2.06. The van der Waals surface area contributed by atoms with Crippen LogP contribution in [0.5, 0.6) is 0 Å². The standard InChI is InChI=1S/C15H23ClN2O2S/c1-2-4-11-7-9-12(10-8-11)18-21(19,20)15-13(16)5-3-6-14(15)17/h3,5-6,11-12,18H,2,4,7-10,17H2,1H3. The van der Waals surface area contributed by atoms with Gasteiger partial charge in [-0.3, -0.25) is 0 Å². The number of nitrogens with one attached hydrogen (secondary N) is 1. The molecule has 0 spiro atoms. The summed E-state index contributed by atoms with van der Waals surface area (Å²) in [4.78, 5) is 0.00217. The second-order valence-electron chi connectivity index (χ2n) is 5.79. The Morgan fingerprint density at radius 1 is 1.29 bits per heavy atom. The molecule has 1 aromatic carbocycles. The van der Waals surface area contributed by atoms with Crippen LogP contribution in [0.1, 0.15) is 45.4 Å². The predicted octanol–water partition coefficient (Wildman–Crippen LogP) is 3.56. The summed E-state index contributed by atoms with van der Waals surface area (Å²) >= 11 is 6.00. The first-order valence-electron chi connectivity index (χ1n) is 7.50. The van der Waals surface area contributed by atoms with Gasteiger partial charge in [-0.15, -0.1) is 0 Å². The van der Waals surface area contributed by atoms with Gasteiger partial charge in [0.25, 0.3) is 0 Å². The molecule has 0 bridgehead atoms. The Bertz CT molecular complexity index is 561. The van der Waals surface area contributed by atoms with Gasteiger partial charge in [-0.1, -0.05) is 37.4 Å². The van der Waals surface area contributed by atoms with E-state index in [1.54, 1.807) is 18.2 Å². The minimum Gasteiger partial charge on any atom is -0.398 e. The number of halogens is 1. The number of nitrogen functional groups attached to an aromatic ring is 1. The lowest BCUT2D eigenvalue weighted by Gasteiger charge is -2.29. The zero-order valence-electron chi connectivity index (χ0n) is 12.3. The van der Waals surface area contributed by atoms with E-state index in [2.05, 4.69) is 11.6 Å². The van der Waals surface area contributed by atoms with Crippen molar-refractivity contribution in [1.82, 2.24) is 4.72 Å². The predicted molar refractivity (Wildman–Crippen MR) is 86.8 cm³/mol. The monoisotopic (exact) mass is 330 g/mol. The van der Waals surface area contributed by atoms with Gasteiger partial charge in [0, 0.05) is 6.04 Å². The second-order valence-corrected chi connectivity index (χ2v) is 7.84. The van der Waals surface area contributed by atoms with E-state index >= 15 is 0 Å². The van der Waals surface area contributed by atoms with Gasteiger partial charge in [-0.2, -0.15) is 0 Å². The summed E-state index contributed by atoms with van der Waals surface area (Å²) in [6.45, 7) is 2.19. The zero-order valence-corrected chi connectivity index (χ0v) is 13.9. The fraction of sp³-hybridized carbons (Fsp3) is 0.600. The van der Waals surface area contributed by atoms with Gasteiger partial charge < -0.3 is 5.73 Å². The molecule has 3 N–H and O–H groups in total. The third-order valence-electron chi connectivity index (χ3n) is 4.13. The highest BCUT2D eigenvalue weighted by atomic mass is 35.5. The van der Waals surface area contributed by atoms with Gasteiger partial charge in [0.15, 0.2) is 0 Å². The van der Waals surface area contributed by atoms with Crippen molar-refractivity contribution in [2.45, 2.75) is 56.4 Å². The van der Waals surface area contributed by atoms with Crippen LogP contribution in [0.15, 0.2) is 23.1 Å². The van der Waals surface area contributed by atoms with E-state index in [0.717, 1.165) is 31.6 Å². The topological polar surface area (TPSA) is 72.2 Å². The molecule has 2 rings (SSSR count). The summed E-state index contributed by atoms with van der Waals surface area (Å²) in [5.74, 6) is 0.737. The third kappa shape index (κ3) is 4.11. The van der Waals surface area contributed by atoms with Crippen molar-refractivity contribution in [3.8, 4) is 0 Å². The van der Waals surface area contributed by atoms with Gasteiger partial charge in [-0.05, 0) is 43.7 Å². The summed E-state index contributed by atoms with van der Waals surface area (Å²) in [6.07, 6.45) is 6.36. The number of sulfonamides is 1. The van der Waals surface area contributed by atoms with Crippen molar-refractivity contribution in [1.29, 1.82) is 0 Å². The molecule has 0 aromatic heterocycles. The number of benzene rings is 1. The molecule has 21 heavy (non-hydrogen) atoms. The molecule has 6 heteroatoms. The molecule has 1 aromatic rings. The SMILES string of the molecule is CCCC1CCC(NS(=O)(=O)c2c(N)cccc2Cl)CC1. The van der Waals surface area contributed by atoms with Crippen LogP contribution in [0.25, 0.3) is 0 Å². The minimum atomic E-state index is -3.66. The molecule has 0 amide bonds. The molecule has 0 unspecified atom stereocenters. The number of rotatable bonds is 5. The molecule has 0 aliphatic heterocycles. The maximum absolute atomic E-state index is 12.5. The van der Waals surface area contributed by atoms with E-state index in [9.17, 15) is 8.42 Å². The Kier molecular flexibility index (Phi) is 5.52. The minimum absolute atomic E-state index is 0.00217. The molecule has 1 aliphatic rings. The highest BCUT2D eigenvalue weighted by Crippen LogP contribution is 2.31. The molecule has 1 fully saturated rings. The number of nitrogens with two attached hydrogens (primary N) is 1. The summed E-state index contributed by atoms with van der Waals surface area (Å²) in [6, 6.07) is 4.73. The summed E-state index contributed by atoms with van der Waals surface area (Å²) in [7, 11) is -3.66. The largest absolute Gasteiger partial charge is 0.398 e. The Hall–Kier alpha value is -0.780. The lowest BCUT2D eigenvalue weighted by atomic mass is 9.84. The average Bonchev–Trinajstić information content (AvgIpc) is 2.40. The summed E-state index contributed by atoms with van der Waals surface area (Å²) < 4.78 is 27.7. The molecule has 0 saturated heterocycles. The Morgan fingerprint density at radius 2 is 1.95 bits per heavy atom. The first kappa shape index (κ1) is 16.6. The molecule has 118 valence electrons. The number of hydrogen-bond acceptors (Lipinski definition) is 3. The van der Waals surface area contributed by atoms with Crippen LogP contribution in [0, 0.1) is 5.92 Å². The van der Waals surface area contributed by atoms with Gasteiger partial charge in [0.1, 0.15) is 4.90 Å². The van der Waals surface area contributed by atoms with Crippen LogP contribution in [0.2, 0.25) is 5.02 Å². The van der Waals surface area contributed by atoms with Crippen molar-refractivity contribution < 1.29 is 8.42 Å². The summed E-state index contributed by atoms with van der Waals surface area (Å²) in [5, 5.41) is 0.169. The van der Waals surface area contributed by atoms with E-state index < -0.39 is 10.0 Å². The van der Waals surface area contributed by atoms with E-state index in [1.165, 1.54) is 12.8 Å². The fourth-order valence-corrected chi connectivity index (χ4v) is 5.05. The summed E-state index contributed by atoms with van der Waals surface area (Å²) in [5.41, 5.74) is 5.96. The first-order chi connectivity index (χ1) is 9.94. The van der Waals surface area contributed by atoms with Crippen LogP contribution in [0.4, 0.5) is 5.69 Å². The molecule has 0 heterocycles. The van der Waals surface area contributed by atoms with Crippen LogP contribution < -0.4 is 10.5 Å². The molecule has 1 saturated carbocycles. The van der Waals surface area contributed by atoms with E-state index in [0.29, 0.717) is 0 Å². The first-order valence-corrected chi connectivity index (χ1v) is 9.36. The quantitative estimate of drug-likeness (QED) is 0.811. The fourth-order valence-electron chi connectivity index (χ4n) is 3.06. The van der Waals surface area contributed by atoms with Crippen LogP contribution in [0.3, 0.4) is 0 Å². The highest BCUT2D eigenvalue weighted by Gasteiger charge is 2.27. The van der Waals surface area contributed by atoms with Crippen LogP contribution in [-0.4, -0.2) is 14.5 Å². The molecule has 0 radical (unpaired) electrons. The van der Waals surface area contributed by atoms with Gasteiger partial charge >= 0.3 is 0 Å². The van der Waals surface area contributed by atoms with Crippen molar-refractivity contribution in [2.24, 2.45) is 5.92 Å². The van der Waals surface area contributed by atoms with Crippen molar-refractivity contribution >= 4 is 27.3 Å². The average molecular weight is 331 g/mol.